The van der Waals surface area contributed by atoms with E-state index in [0.29, 0.717) is 5.41 Å². The van der Waals surface area contributed by atoms with Crippen molar-refractivity contribution in [3.63, 3.8) is 0 Å². The lowest BCUT2D eigenvalue weighted by Gasteiger charge is -2.26. The number of carbonyl (C=O) groups excluding carboxylic acids is 1. The van der Waals surface area contributed by atoms with Gasteiger partial charge in [-0.3, -0.25) is 4.79 Å². The lowest BCUT2D eigenvalue weighted by molar-refractivity contribution is -0.132. The third-order valence-electron chi connectivity index (χ3n) is 4.82. The van der Waals surface area contributed by atoms with Crippen molar-refractivity contribution in [2.45, 2.75) is 45.6 Å². The predicted octanol–water partition coefficient (Wildman–Crippen LogP) is 1.92. The van der Waals surface area contributed by atoms with E-state index in [2.05, 4.69) is 12.6 Å². The van der Waals surface area contributed by atoms with Crippen molar-refractivity contribution >= 4 is 18.5 Å². The lowest BCUT2D eigenvalue weighted by atomic mass is 9.84. The van der Waals surface area contributed by atoms with Gasteiger partial charge in [0.25, 0.3) is 0 Å². The quantitative estimate of drug-likeness (QED) is 0.770. The summed E-state index contributed by atoms with van der Waals surface area (Å²) in [5, 5.41) is 0. The molecule has 0 bridgehead atoms. The molecule has 18 heavy (non-hydrogen) atoms. The summed E-state index contributed by atoms with van der Waals surface area (Å²) in [4.78, 5) is 14.3. The average Bonchev–Trinajstić information content (AvgIpc) is 2.95. The standard InChI is InChI=1S/C14H26N2OS/c1-10(2)12(15)13(17)16-6-5-14(9-16)4-3-11(7-14)8-18/h10-12,18H,3-9,15H2,1-2H3/t11-,12-,14+/m0/s1. The van der Waals surface area contributed by atoms with Gasteiger partial charge < -0.3 is 10.6 Å². The maximum Gasteiger partial charge on any atom is 0.239 e. The highest BCUT2D eigenvalue weighted by Gasteiger charge is 2.45. The number of hydrogen-bond donors (Lipinski definition) is 2. The van der Waals surface area contributed by atoms with Gasteiger partial charge in [0.1, 0.15) is 0 Å². The van der Waals surface area contributed by atoms with Crippen LogP contribution in [0, 0.1) is 17.3 Å². The summed E-state index contributed by atoms with van der Waals surface area (Å²) in [7, 11) is 0. The number of likely N-dealkylation sites (tertiary alicyclic amines) is 1. The van der Waals surface area contributed by atoms with E-state index in [4.69, 9.17) is 5.73 Å². The number of carbonyl (C=O) groups is 1. The molecule has 0 aromatic heterocycles. The van der Waals surface area contributed by atoms with Crippen LogP contribution in [0.3, 0.4) is 0 Å². The molecule has 2 fully saturated rings. The highest BCUT2D eigenvalue weighted by Crippen LogP contribution is 2.48. The molecule has 1 spiro atoms. The molecule has 3 nitrogen and oxygen atoms in total. The SMILES string of the molecule is CC(C)[C@H](N)C(=O)N1CC[C@@]2(CC[C@H](CS)C2)C1. The van der Waals surface area contributed by atoms with E-state index in [1.807, 2.05) is 18.7 Å². The Morgan fingerprint density at radius 1 is 1.50 bits per heavy atom. The summed E-state index contributed by atoms with van der Waals surface area (Å²) in [6, 6.07) is -0.331. The monoisotopic (exact) mass is 270 g/mol. The molecule has 0 radical (unpaired) electrons. The number of thiol groups is 1. The minimum Gasteiger partial charge on any atom is -0.341 e. The zero-order valence-electron chi connectivity index (χ0n) is 11.6. The third-order valence-corrected chi connectivity index (χ3v) is 5.33. The van der Waals surface area contributed by atoms with E-state index < -0.39 is 0 Å². The molecule has 1 amide bonds. The van der Waals surface area contributed by atoms with Gasteiger partial charge in [-0.2, -0.15) is 12.6 Å². The Hall–Kier alpha value is -0.220. The van der Waals surface area contributed by atoms with Crippen molar-refractivity contribution in [1.29, 1.82) is 0 Å². The molecule has 1 saturated carbocycles. The van der Waals surface area contributed by atoms with Crippen LogP contribution in [0.1, 0.15) is 39.5 Å². The minimum absolute atomic E-state index is 0.149. The van der Waals surface area contributed by atoms with Crippen LogP contribution in [0.2, 0.25) is 0 Å². The first kappa shape index (κ1) is 14.2. The van der Waals surface area contributed by atoms with Gasteiger partial charge in [0.2, 0.25) is 5.91 Å². The maximum absolute atomic E-state index is 12.3. The van der Waals surface area contributed by atoms with Gasteiger partial charge in [0.05, 0.1) is 6.04 Å². The second-order valence-electron chi connectivity index (χ2n) is 6.57. The molecule has 104 valence electrons. The number of nitrogens with zero attached hydrogens (tertiary/aromatic N) is 1. The first-order chi connectivity index (χ1) is 8.47. The molecular weight excluding hydrogens is 244 g/mol. The van der Waals surface area contributed by atoms with E-state index >= 15 is 0 Å². The molecule has 0 aromatic carbocycles. The first-order valence-corrected chi connectivity index (χ1v) is 7.76. The van der Waals surface area contributed by atoms with Gasteiger partial charge >= 0.3 is 0 Å². The van der Waals surface area contributed by atoms with Gasteiger partial charge in [-0.05, 0) is 48.7 Å². The fourth-order valence-corrected chi connectivity index (χ4v) is 3.78. The molecule has 0 aromatic rings. The van der Waals surface area contributed by atoms with Crippen molar-refractivity contribution in [2.24, 2.45) is 23.0 Å². The Kier molecular flexibility index (Phi) is 4.27. The maximum atomic E-state index is 12.3. The number of hydrogen-bond acceptors (Lipinski definition) is 3. The summed E-state index contributed by atoms with van der Waals surface area (Å²) in [5.41, 5.74) is 6.37. The highest BCUT2D eigenvalue weighted by atomic mass is 32.1. The van der Waals surface area contributed by atoms with Crippen LogP contribution in [0.4, 0.5) is 0 Å². The van der Waals surface area contributed by atoms with Crippen molar-refractivity contribution in [1.82, 2.24) is 4.90 Å². The molecule has 1 heterocycles. The second kappa shape index (κ2) is 5.41. The third kappa shape index (κ3) is 2.69. The second-order valence-corrected chi connectivity index (χ2v) is 6.94. The molecule has 1 aliphatic heterocycles. The normalized spacial score (nSPS) is 33.6. The summed E-state index contributed by atoms with van der Waals surface area (Å²) >= 11 is 4.41. The summed E-state index contributed by atoms with van der Waals surface area (Å²) in [6.45, 7) is 5.86. The zero-order chi connectivity index (χ0) is 13.3. The molecule has 2 N–H and O–H groups in total. The van der Waals surface area contributed by atoms with Crippen molar-refractivity contribution in [3.05, 3.63) is 0 Å². The Morgan fingerprint density at radius 2 is 2.22 bits per heavy atom. The van der Waals surface area contributed by atoms with E-state index in [0.717, 1.165) is 31.2 Å². The minimum atomic E-state index is -0.331. The fraction of sp³-hybridized carbons (Fsp3) is 0.929. The van der Waals surface area contributed by atoms with Crippen LogP contribution in [0.25, 0.3) is 0 Å². The Bertz CT molecular complexity index is 321. The summed E-state index contributed by atoms with van der Waals surface area (Å²) < 4.78 is 0. The van der Waals surface area contributed by atoms with E-state index in [9.17, 15) is 4.79 Å². The largest absolute Gasteiger partial charge is 0.341 e. The van der Waals surface area contributed by atoms with Crippen LogP contribution in [-0.2, 0) is 4.79 Å². The fourth-order valence-electron chi connectivity index (χ4n) is 3.47. The number of rotatable bonds is 3. The zero-order valence-corrected chi connectivity index (χ0v) is 12.5. The Balaban J connectivity index is 1.94. The molecule has 3 atom stereocenters. The number of amides is 1. The van der Waals surface area contributed by atoms with Gasteiger partial charge in [-0.1, -0.05) is 13.8 Å². The van der Waals surface area contributed by atoms with E-state index in [1.54, 1.807) is 0 Å². The van der Waals surface area contributed by atoms with E-state index in [1.165, 1.54) is 19.3 Å². The predicted molar refractivity (Wildman–Crippen MR) is 77.6 cm³/mol. The molecule has 2 rings (SSSR count). The van der Waals surface area contributed by atoms with E-state index in [-0.39, 0.29) is 17.9 Å². The molecule has 1 aliphatic carbocycles. The van der Waals surface area contributed by atoms with Crippen LogP contribution < -0.4 is 5.73 Å². The topological polar surface area (TPSA) is 46.3 Å². The van der Waals surface area contributed by atoms with Gasteiger partial charge in [0.15, 0.2) is 0 Å². The van der Waals surface area contributed by atoms with Gasteiger partial charge in [-0.15, -0.1) is 0 Å². The Morgan fingerprint density at radius 3 is 2.78 bits per heavy atom. The van der Waals surface area contributed by atoms with Gasteiger partial charge in [0, 0.05) is 13.1 Å². The molecule has 2 aliphatic rings. The van der Waals surface area contributed by atoms with Gasteiger partial charge in [-0.25, -0.2) is 0 Å². The summed E-state index contributed by atoms with van der Waals surface area (Å²) in [6.07, 6.45) is 4.95. The number of nitrogens with two attached hydrogens (primary N) is 1. The molecule has 0 unspecified atom stereocenters. The first-order valence-electron chi connectivity index (χ1n) is 7.13. The van der Waals surface area contributed by atoms with Crippen LogP contribution in [0.5, 0.6) is 0 Å². The van der Waals surface area contributed by atoms with Crippen LogP contribution in [-0.4, -0.2) is 35.7 Å². The molecule has 4 heteroatoms. The molecule has 1 saturated heterocycles. The Labute approximate surface area is 116 Å². The average molecular weight is 270 g/mol. The van der Waals surface area contributed by atoms with Crippen molar-refractivity contribution in [3.8, 4) is 0 Å². The highest BCUT2D eigenvalue weighted by molar-refractivity contribution is 7.80. The van der Waals surface area contributed by atoms with Crippen molar-refractivity contribution < 1.29 is 4.79 Å². The smallest absolute Gasteiger partial charge is 0.239 e. The molecular formula is C14H26N2OS. The lowest BCUT2D eigenvalue weighted by Crippen LogP contribution is -2.46. The van der Waals surface area contributed by atoms with Crippen LogP contribution in [0.15, 0.2) is 0 Å². The van der Waals surface area contributed by atoms with Crippen molar-refractivity contribution in [2.75, 3.05) is 18.8 Å². The van der Waals surface area contributed by atoms with Crippen LogP contribution >= 0.6 is 12.6 Å². The summed E-state index contributed by atoms with van der Waals surface area (Å²) in [5.74, 6) is 2.11.